The summed E-state index contributed by atoms with van der Waals surface area (Å²) in [4.78, 5) is 27.7. The molecular formula is C24H32F2N4O4S. The fourth-order valence-corrected chi connectivity index (χ4v) is 4.49. The van der Waals surface area contributed by atoms with Crippen LogP contribution in [0.1, 0.15) is 32.3 Å². The maximum absolute atomic E-state index is 14.6. The number of para-hydroxylation sites is 1. The summed E-state index contributed by atoms with van der Waals surface area (Å²) in [6.45, 7) is 3.22. The van der Waals surface area contributed by atoms with Gasteiger partial charge < -0.3 is 10.2 Å². The van der Waals surface area contributed by atoms with Gasteiger partial charge in [-0.25, -0.2) is 13.1 Å². The third-order valence-corrected chi connectivity index (χ3v) is 7.15. The van der Waals surface area contributed by atoms with Crippen molar-refractivity contribution in [2.45, 2.75) is 39.3 Å². The Kier molecular flexibility index (Phi) is 10.1. The summed E-state index contributed by atoms with van der Waals surface area (Å²) < 4.78 is 55.7. The molecule has 0 spiro atoms. The van der Waals surface area contributed by atoms with E-state index in [1.807, 2.05) is 6.92 Å². The second-order valence-electron chi connectivity index (χ2n) is 8.11. The largest absolute Gasteiger partial charge is 0.354 e. The molecule has 0 aliphatic carbocycles. The van der Waals surface area contributed by atoms with Crippen LogP contribution >= 0.6 is 0 Å². The van der Waals surface area contributed by atoms with Crippen molar-refractivity contribution in [3.63, 3.8) is 0 Å². The van der Waals surface area contributed by atoms with Crippen molar-refractivity contribution in [3.8, 4) is 0 Å². The molecule has 0 aromatic heterocycles. The van der Waals surface area contributed by atoms with Crippen LogP contribution in [0.15, 0.2) is 48.5 Å². The molecule has 2 aromatic carbocycles. The van der Waals surface area contributed by atoms with Crippen LogP contribution in [0.2, 0.25) is 0 Å². The molecule has 35 heavy (non-hydrogen) atoms. The summed E-state index contributed by atoms with van der Waals surface area (Å²) in [5.41, 5.74) is 0.258. The molecule has 2 aromatic rings. The lowest BCUT2D eigenvalue weighted by Crippen LogP contribution is -2.53. The SMILES string of the molecule is CCCNC(=O)[C@H](CC)N(Cc1ccc(F)cc1)C(=O)CN(c1ccccc1F)S(=O)(=O)N(C)C. The lowest BCUT2D eigenvalue weighted by atomic mass is 10.1. The number of rotatable bonds is 12. The number of anilines is 1. The molecule has 11 heteroatoms. The highest BCUT2D eigenvalue weighted by atomic mass is 32.2. The van der Waals surface area contributed by atoms with E-state index < -0.39 is 46.2 Å². The monoisotopic (exact) mass is 510 g/mol. The maximum atomic E-state index is 14.6. The predicted molar refractivity (Wildman–Crippen MR) is 131 cm³/mol. The van der Waals surface area contributed by atoms with Crippen molar-refractivity contribution in [2.24, 2.45) is 0 Å². The lowest BCUT2D eigenvalue weighted by Gasteiger charge is -2.34. The Morgan fingerprint density at radius 3 is 2.17 bits per heavy atom. The summed E-state index contributed by atoms with van der Waals surface area (Å²) in [5.74, 6) is -2.37. The van der Waals surface area contributed by atoms with Crippen LogP contribution in [0.25, 0.3) is 0 Å². The Balaban J connectivity index is 2.49. The summed E-state index contributed by atoms with van der Waals surface area (Å²) in [6.07, 6.45) is 0.943. The van der Waals surface area contributed by atoms with Crippen LogP contribution in [0.5, 0.6) is 0 Å². The van der Waals surface area contributed by atoms with E-state index in [-0.39, 0.29) is 18.7 Å². The Hall–Kier alpha value is -3.05. The molecule has 192 valence electrons. The first-order valence-corrected chi connectivity index (χ1v) is 12.7. The zero-order chi connectivity index (χ0) is 26.2. The smallest absolute Gasteiger partial charge is 0.304 e. The van der Waals surface area contributed by atoms with Gasteiger partial charge in [-0.3, -0.25) is 9.59 Å². The van der Waals surface area contributed by atoms with Crippen molar-refractivity contribution < 1.29 is 26.8 Å². The molecule has 0 aliphatic rings. The average molecular weight is 511 g/mol. The number of benzene rings is 2. The first-order valence-electron chi connectivity index (χ1n) is 11.3. The van der Waals surface area contributed by atoms with E-state index in [0.29, 0.717) is 22.8 Å². The lowest BCUT2D eigenvalue weighted by molar-refractivity contribution is -0.140. The second-order valence-corrected chi connectivity index (χ2v) is 10.2. The highest BCUT2D eigenvalue weighted by Gasteiger charge is 2.34. The van der Waals surface area contributed by atoms with Gasteiger partial charge >= 0.3 is 10.2 Å². The highest BCUT2D eigenvalue weighted by Crippen LogP contribution is 2.24. The minimum absolute atomic E-state index is 0.0652. The molecule has 2 rings (SSSR count). The maximum Gasteiger partial charge on any atom is 0.304 e. The Morgan fingerprint density at radius 1 is 1.00 bits per heavy atom. The highest BCUT2D eigenvalue weighted by molar-refractivity contribution is 7.90. The van der Waals surface area contributed by atoms with E-state index in [4.69, 9.17) is 0 Å². The minimum Gasteiger partial charge on any atom is -0.354 e. The van der Waals surface area contributed by atoms with E-state index in [9.17, 15) is 26.8 Å². The van der Waals surface area contributed by atoms with Gasteiger partial charge in [-0.2, -0.15) is 12.7 Å². The molecular weight excluding hydrogens is 478 g/mol. The van der Waals surface area contributed by atoms with Crippen LogP contribution in [-0.4, -0.2) is 62.7 Å². The number of nitrogens with one attached hydrogen (secondary N) is 1. The van der Waals surface area contributed by atoms with E-state index in [0.717, 1.165) is 10.4 Å². The van der Waals surface area contributed by atoms with Crippen LogP contribution in [0.3, 0.4) is 0 Å². The molecule has 1 atom stereocenters. The fraction of sp³-hybridized carbons (Fsp3) is 0.417. The average Bonchev–Trinajstić information content (AvgIpc) is 2.82. The molecule has 0 saturated heterocycles. The van der Waals surface area contributed by atoms with E-state index in [1.165, 1.54) is 61.5 Å². The van der Waals surface area contributed by atoms with Crippen LogP contribution < -0.4 is 9.62 Å². The van der Waals surface area contributed by atoms with Gasteiger partial charge in [-0.1, -0.05) is 38.1 Å². The normalized spacial score (nSPS) is 12.3. The fourth-order valence-electron chi connectivity index (χ4n) is 3.43. The van der Waals surface area contributed by atoms with E-state index in [1.54, 1.807) is 6.92 Å². The molecule has 0 radical (unpaired) electrons. The third-order valence-electron chi connectivity index (χ3n) is 5.34. The predicted octanol–water partition coefficient (Wildman–Crippen LogP) is 2.91. The van der Waals surface area contributed by atoms with Crippen molar-refractivity contribution in [2.75, 3.05) is 31.5 Å². The third kappa shape index (κ3) is 7.22. The molecule has 8 nitrogen and oxygen atoms in total. The minimum atomic E-state index is -4.26. The standard InChI is InChI=1S/C24H32F2N4O4S/c1-5-15-27-24(32)21(6-2)29(16-18-11-13-19(25)14-12-18)23(31)17-30(35(33,34)28(3)4)22-10-8-7-9-20(22)26/h7-14,21H,5-6,15-17H2,1-4H3,(H,27,32)/t21-/m0/s1. The number of hydrogen-bond donors (Lipinski definition) is 1. The second kappa shape index (κ2) is 12.6. The first-order chi connectivity index (χ1) is 16.5. The summed E-state index contributed by atoms with van der Waals surface area (Å²) in [6, 6.07) is 9.76. The zero-order valence-corrected chi connectivity index (χ0v) is 21.2. The molecule has 0 fully saturated rings. The molecule has 0 bridgehead atoms. The van der Waals surface area contributed by atoms with Crippen molar-refractivity contribution in [3.05, 3.63) is 65.7 Å². The molecule has 2 amide bonds. The Labute approximate surface area is 205 Å². The molecule has 0 aliphatic heterocycles. The van der Waals surface area contributed by atoms with E-state index >= 15 is 0 Å². The number of carbonyl (C=O) groups is 2. The van der Waals surface area contributed by atoms with Gasteiger partial charge in [0.1, 0.15) is 24.2 Å². The van der Waals surface area contributed by atoms with Crippen LogP contribution in [0, 0.1) is 11.6 Å². The number of nitrogens with zero attached hydrogens (tertiary/aromatic N) is 3. The van der Waals surface area contributed by atoms with Gasteiger partial charge in [0.15, 0.2) is 0 Å². The summed E-state index contributed by atoms with van der Waals surface area (Å²) in [7, 11) is -1.71. The van der Waals surface area contributed by atoms with Gasteiger partial charge in [0, 0.05) is 27.2 Å². The van der Waals surface area contributed by atoms with Crippen molar-refractivity contribution in [1.29, 1.82) is 0 Å². The first kappa shape index (κ1) is 28.2. The summed E-state index contributed by atoms with van der Waals surface area (Å²) in [5, 5.41) is 2.76. The number of amides is 2. The van der Waals surface area contributed by atoms with Crippen molar-refractivity contribution >= 4 is 27.7 Å². The Bertz CT molecular complexity index is 1110. The van der Waals surface area contributed by atoms with Crippen LogP contribution in [-0.2, 0) is 26.3 Å². The topological polar surface area (TPSA) is 90.0 Å². The molecule has 0 saturated carbocycles. The van der Waals surface area contributed by atoms with Crippen LogP contribution in [0.4, 0.5) is 14.5 Å². The number of halogens is 2. The Morgan fingerprint density at radius 2 is 1.63 bits per heavy atom. The van der Waals surface area contributed by atoms with Crippen molar-refractivity contribution in [1.82, 2.24) is 14.5 Å². The van der Waals surface area contributed by atoms with Gasteiger partial charge in [-0.15, -0.1) is 0 Å². The molecule has 0 heterocycles. The molecule has 0 unspecified atom stereocenters. The number of hydrogen-bond acceptors (Lipinski definition) is 4. The summed E-state index contributed by atoms with van der Waals surface area (Å²) >= 11 is 0. The van der Waals surface area contributed by atoms with E-state index in [2.05, 4.69) is 5.32 Å². The number of carbonyl (C=O) groups excluding carboxylic acids is 2. The molecule has 1 N–H and O–H groups in total. The van der Waals surface area contributed by atoms with Gasteiger partial charge in [0.25, 0.3) is 0 Å². The van der Waals surface area contributed by atoms with Gasteiger partial charge in [0.2, 0.25) is 11.8 Å². The quantitative estimate of drug-likeness (QED) is 0.476. The zero-order valence-electron chi connectivity index (χ0n) is 20.4. The van der Waals surface area contributed by atoms with Gasteiger partial charge in [-0.05, 0) is 42.7 Å². The van der Waals surface area contributed by atoms with Gasteiger partial charge in [0.05, 0.1) is 5.69 Å².